The molecule has 0 spiro atoms. The van der Waals surface area contributed by atoms with Crippen LogP contribution in [-0.2, 0) is 6.54 Å². The third kappa shape index (κ3) is 4.86. The molecule has 2 aromatic rings. The summed E-state index contributed by atoms with van der Waals surface area (Å²) in [5.41, 5.74) is 0.868. The third-order valence-corrected chi connectivity index (χ3v) is 2.80. The fourth-order valence-electron chi connectivity index (χ4n) is 1.45. The first-order valence-corrected chi connectivity index (χ1v) is 7.06. The van der Waals surface area contributed by atoms with Gasteiger partial charge in [0.1, 0.15) is 5.75 Å². The van der Waals surface area contributed by atoms with Crippen molar-refractivity contribution in [3.8, 4) is 11.6 Å². The molecule has 0 saturated carbocycles. The van der Waals surface area contributed by atoms with Gasteiger partial charge in [-0.15, -0.1) is 0 Å². The minimum Gasteiger partial charge on any atom is -0.436 e. The van der Waals surface area contributed by atoms with E-state index < -0.39 is 0 Å². The quantitative estimate of drug-likeness (QED) is 0.927. The van der Waals surface area contributed by atoms with Gasteiger partial charge in [-0.3, -0.25) is 9.97 Å². The van der Waals surface area contributed by atoms with Gasteiger partial charge < -0.3 is 10.1 Å². The minimum atomic E-state index is 0.0345. The standard InChI is InChI=1S/C14H17BrN4O/c1-14(2,3)18-7-11-6-17-9-13(19-11)20-12-4-10(15)5-16-8-12/h4-6,8-9,18H,7H2,1-3H3. The van der Waals surface area contributed by atoms with Gasteiger partial charge in [-0.25, -0.2) is 4.98 Å². The van der Waals surface area contributed by atoms with Gasteiger partial charge in [-0.05, 0) is 42.8 Å². The molecule has 6 heteroatoms. The highest BCUT2D eigenvalue weighted by molar-refractivity contribution is 9.10. The van der Waals surface area contributed by atoms with Crippen LogP contribution in [0.1, 0.15) is 26.5 Å². The molecule has 0 aliphatic heterocycles. The Balaban J connectivity index is 2.06. The van der Waals surface area contributed by atoms with Crippen LogP contribution in [0.4, 0.5) is 0 Å². The van der Waals surface area contributed by atoms with E-state index in [2.05, 4.69) is 57.0 Å². The third-order valence-electron chi connectivity index (χ3n) is 2.36. The monoisotopic (exact) mass is 336 g/mol. The molecule has 0 unspecified atom stereocenters. The molecule has 106 valence electrons. The Bertz CT molecular complexity index is 583. The van der Waals surface area contributed by atoms with E-state index in [1.54, 1.807) is 24.8 Å². The van der Waals surface area contributed by atoms with Crippen molar-refractivity contribution in [2.75, 3.05) is 0 Å². The van der Waals surface area contributed by atoms with E-state index in [0.717, 1.165) is 10.2 Å². The summed E-state index contributed by atoms with van der Waals surface area (Å²) in [7, 11) is 0. The molecule has 2 heterocycles. The van der Waals surface area contributed by atoms with E-state index in [4.69, 9.17) is 4.74 Å². The van der Waals surface area contributed by atoms with Crippen LogP contribution in [0, 0.1) is 0 Å². The zero-order chi connectivity index (χ0) is 14.6. The Morgan fingerprint density at radius 1 is 1.15 bits per heavy atom. The van der Waals surface area contributed by atoms with E-state index in [0.29, 0.717) is 18.2 Å². The average molecular weight is 337 g/mol. The maximum Gasteiger partial charge on any atom is 0.238 e. The largest absolute Gasteiger partial charge is 0.436 e. The number of ether oxygens (including phenoxy) is 1. The smallest absolute Gasteiger partial charge is 0.238 e. The summed E-state index contributed by atoms with van der Waals surface area (Å²) in [6.07, 6.45) is 6.64. The lowest BCUT2D eigenvalue weighted by Gasteiger charge is -2.20. The van der Waals surface area contributed by atoms with Gasteiger partial charge in [-0.1, -0.05) is 0 Å². The number of hydrogen-bond donors (Lipinski definition) is 1. The van der Waals surface area contributed by atoms with Crippen LogP contribution in [0.3, 0.4) is 0 Å². The van der Waals surface area contributed by atoms with Crippen LogP contribution >= 0.6 is 15.9 Å². The topological polar surface area (TPSA) is 59.9 Å². The Morgan fingerprint density at radius 2 is 1.90 bits per heavy atom. The molecule has 0 fully saturated rings. The fraction of sp³-hybridized carbons (Fsp3) is 0.357. The van der Waals surface area contributed by atoms with E-state index in [1.807, 2.05) is 6.07 Å². The molecule has 0 aromatic carbocycles. The van der Waals surface area contributed by atoms with Gasteiger partial charge in [0.05, 0.1) is 18.1 Å². The average Bonchev–Trinajstić information content (AvgIpc) is 2.36. The Kier molecular flexibility index (Phi) is 4.67. The maximum absolute atomic E-state index is 5.64. The molecule has 0 radical (unpaired) electrons. The summed E-state index contributed by atoms with van der Waals surface area (Å²) in [5.74, 6) is 1.08. The summed E-state index contributed by atoms with van der Waals surface area (Å²) < 4.78 is 6.49. The molecule has 2 aromatic heterocycles. The molecule has 0 aliphatic carbocycles. The number of rotatable bonds is 4. The van der Waals surface area contributed by atoms with Gasteiger partial charge in [0.2, 0.25) is 5.88 Å². The van der Waals surface area contributed by atoms with Crippen LogP contribution in [-0.4, -0.2) is 20.5 Å². The highest BCUT2D eigenvalue weighted by Gasteiger charge is 2.09. The molecular weight excluding hydrogens is 320 g/mol. The first-order chi connectivity index (χ1) is 9.42. The van der Waals surface area contributed by atoms with Crippen molar-refractivity contribution in [2.24, 2.45) is 0 Å². The number of nitrogens with zero attached hydrogens (tertiary/aromatic N) is 3. The molecule has 1 N–H and O–H groups in total. The lowest BCUT2D eigenvalue weighted by molar-refractivity contribution is 0.414. The van der Waals surface area contributed by atoms with Crippen molar-refractivity contribution in [2.45, 2.75) is 32.9 Å². The van der Waals surface area contributed by atoms with Crippen molar-refractivity contribution in [1.29, 1.82) is 0 Å². The normalized spacial score (nSPS) is 11.4. The minimum absolute atomic E-state index is 0.0345. The van der Waals surface area contributed by atoms with E-state index in [-0.39, 0.29) is 5.54 Å². The molecule has 2 rings (SSSR count). The highest BCUT2D eigenvalue weighted by atomic mass is 79.9. The van der Waals surface area contributed by atoms with Crippen molar-refractivity contribution < 1.29 is 4.74 Å². The molecule has 5 nitrogen and oxygen atoms in total. The second kappa shape index (κ2) is 6.28. The second-order valence-electron chi connectivity index (χ2n) is 5.39. The molecule has 0 bridgehead atoms. The molecule has 0 saturated heterocycles. The van der Waals surface area contributed by atoms with Crippen LogP contribution in [0.5, 0.6) is 11.6 Å². The van der Waals surface area contributed by atoms with Crippen LogP contribution in [0.25, 0.3) is 0 Å². The van der Waals surface area contributed by atoms with Crippen LogP contribution < -0.4 is 10.1 Å². The summed E-state index contributed by atoms with van der Waals surface area (Å²) in [6, 6.07) is 1.83. The summed E-state index contributed by atoms with van der Waals surface area (Å²) in [4.78, 5) is 12.6. The van der Waals surface area contributed by atoms with Crippen molar-refractivity contribution in [3.05, 3.63) is 41.0 Å². The van der Waals surface area contributed by atoms with Crippen molar-refractivity contribution >= 4 is 15.9 Å². The van der Waals surface area contributed by atoms with Crippen molar-refractivity contribution in [1.82, 2.24) is 20.3 Å². The first kappa shape index (κ1) is 14.9. The van der Waals surface area contributed by atoms with Crippen LogP contribution in [0.2, 0.25) is 0 Å². The second-order valence-corrected chi connectivity index (χ2v) is 6.31. The summed E-state index contributed by atoms with van der Waals surface area (Å²) in [5, 5.41) is 3.36. The molecule has 0 amide bonds. The van der Waals surface area contributed by atoms with E-state index in [9.17, 15) is 0 Å². The van der Waals surface area contributed by atoms with Gasteiger partial charge in [-0.2, -0.15) is 0 Å². The van der Waals surface area contributed by atoms with Gasteiger partial charge >= 0.3 is 0 Å². The van der Waals surface area contributed by atoms with E-state index >= 15 is 0 Å². The van der Waals surface area contributed by atoms with Crippen molar-refractivity contribution in [3.63, 3.8) is 0 Å². The van der Waals surface area contributed by atoms with Gasteiger partial charge in [0.25, 0.3) is 0 Å². The predicted molar refractivity (Wildman–Crippen MR) is 80.6 cm³/mol. The maximum atomic E-state index is 5.64. The highest BCUT2D eigenvalue weighted by Crippen LogP contribution is 2.21. The lowest BCUT2D eigenvalue weighted by atomic mass is 10.1. The Hall–Kier alpha value is -1.53. The number of nitrogens with one attached hydrogen (secondary N) is 1. The van der Waals surface area contributed by atoms with Gasteiger partial charge in [0, 0.05) is 29.0 Å². The number of halogens is 1. The van der Waals surface area contributed by atoms with Crippen LogP contribution in [0.15, 0.2) is 35.3 Å². The zero-order valence-corrected chi connectivity index (χ0v) is 13.3. The molecule has 0 atom stereocenters. The Labute approximate surface area is 127 Å². The Morgan fingerprint density at radius 3 is 2.60 bits per heavy atom. The fourth-order valence-corrected chi connectivity index (χ4v) is 1.79. The summed E-state index contributed by atoms with van der Waals surface area (Å²) >= 11 is 3.35. The summed E-state index contributed by atoms with van der Waals surface area (Å²) in [6.45, 7) is 6.96. The SMILES string of the molecule is CC(C)(C)NCc1cncc(Oc2cncc(Br)c2)n1. The lowest BCUT2D eigenvalue weighted by Crippen LogP contribution is -2.35. The molecule has 0 aliphatic rings. The number of hydrogen-bond acceptors (Lipinski definition) is 5. The van der Waals surface area contributed by atoms with E-state index in [1.165, 1.54) is 0 Å². The number of pyridine rings is 1. The predicted octanol–water partition coefficient (Wildman–Crippen LogP) is 3.31. The molecular formula is C14H17BrN4O. The zero-order valence-electron chi connectivity index (χ0n) is 11.7. The number of aromatic nitrogens is 3. The first-order valence-electron chi connectivity index (χ1n) is 6.27. The molecule has 20 heavy (non-hydrogen) atoms. The van der Waals surface area contributed by atoms with Gasteiger partial charge in [0.15, 0.2) is 0 Å².